The van der Waals surface area contributed by atoms with Crippen molar-refractivity contribution in [1.29, 1.82) is 0 Å². The lowest BCUT2D eigenvalue weighted by molar-refractivity contribution is 0.0933. The number of nitrogens with one attached hydrogen (secondary N) is 1. The molecule has 0 saturated carbocycles. The Morgan fingerprint density at radius 1 is 1.20 bits per heavy atom. The van der Waals surface area contributed by atoms with Gasteiger partial charge < -0.3 is 9.88 Å². The summed E-state index contributed by atoms with van der Waals surface area (Å²) in [6.45, 7) is 3.95. The van der Waals surface area contributed by atoms with Crippen molar-refractivity contribution in [3.05, 3.63) is 77.8 Å². The molecule has 30 heavy (non-hydrogen) atoms. The van der Waals surface area contributed by atoms with Crippen LogP contribution in [0, 0.1) is 13.8 Å². The number of aromatic nitrogens is 5. The van der Waals surface area contributed by atoms with Gasteiger partial charge in [0.25, 0.3) is 5.91 Å². The van der Waals surface area contributed by atoms with Crippen LogP contribution in [0.5, 0.6) is 0 Å². The van der Waals surface area contributed by atoms with E-state index in [-0.39, 0.29) is 11.9 Å². The Morgan fingerprint density at radius 2 is 2.07 bits per heavy atom. The Balaban J connectivity index is 1.65. The molecule has 4 heterocycles. The van der Waals surface area contributed by atoms with Crippen molar-refractivity contribution in [3.8, 4) is 5.69 Å². The number of fused-ring (bicyclic) bond motifs is 1. The van der Waals surface area contributed by atoms with E-state index in [9.17, 15) is 4.79 Å². The minimum absolute atomic E-state index is 0.114. The standard InChI is InChI=1S/C22H24N6OS/c1-15-13-18(16(2)28(15)17-7-6-10-23-14-17)22(29)24-19(9-12-30-3)21-26-25-20-8-4-5-11-27(20)21/h4-8,10-11,13-14,19H,9,12H2,1-3H3,(H,24,29). The first kappa shape index (κ1) is 20.2. The van der Waals surface area contributed by atoms with E-state index in [1.165, 1.54) is 0 Å². The van der Waals surface area contributed by atoms with E-state index in [0.717, 1.165) is 40.7 Å². The SMILES string of the molecule is CSCCC(NC(=O)c1cc(C)n(-c2cccnc2)c1C)c1nnc2ccccn12. The molecule has 0 spiro atoms. The number of aryl methyl sites for hydroxylation is 1. The summed E-state index contributed by atoms with van der Waals surface area (Å²) in [5.41, 5.74) is 4.23. The number of amides is 1. The number of carbonyl (C=O) groups is 1. The van der Waals surface area contributed by atoms with Gasteiger partial charge in [-0.25, -0.2) is 0 Å². The van der Waals surface area contributed by atoms with Gasteiger partial charge in [0.1, 0.15) is 0 Å². The average molecular weight is 421 g/mol. The molecule has 0 aliphatic heterocycles. The molecule has 7 nitrogen and oxygen atoms in total. The molecule has 1 atom stereocenters. The monoisotopic (exact) mass is 420 g/mol. The van der Waals surface area contributed by atoms with Crippen LogP contribution in [0.2, 0.25) is 0 Å². The summed E-state index contributed by atoms with van der Waals surface area (Å²) in [5.74, 6) is 1.53. The minimum atomic E-state index is -0.233. The van der Waals surface area contributed by atoms with E-state index in [1.807, 2.05) is 65.4 Å². The molecule has 8 heteroatoms. The Bertz CT molecular complexity index is 1170. The van der Waals surface area contributed by atoms with Crippen LogP contribution in [-0.4, -0.2) is 42.1 Å². The molecule has 0 radical (unpaired) electrons. The van der Waals surface area contributed by atoms with Crippen LogP contribution >= 0.6 is 11.8 Å². The maximum Gasteiger partial charge on any atom is 0.253 e. The van der Waals surface area contributed by atoms with Crippen LogP contribution in [0.3, 0.4) is 0 Å². The molecule has 0 aliphatic carbocycles. The largest absolute Gasteiger partial charge is 0.342 e. The lowest BCUT2D eigenvalue weighted by atomic mass is 10.1. The molecule has 1 N–H and O–H groups in total. The second-order valence-electron chi connectivity index (χ2n) is 7.13. The molecule has 4 aromatic rings. The quantitative estimate of drug-likeness (QED) is 0.493. The number of thioether (sulfide) groups is 1. The predicted molar refractivity (Wildman–Crippen MR) is 119 cm³/mol. The van der Waals surface area contributed by atoms with E-state index in [1.54, 1.807) is 24.2 Å². The van der Waals surface area contributed by atoms with Gasteiger partial charge in [-0.05, 0) is 62.6 Å². The number of carbonyl (C=O) groups excluding carboxylic acids is 1. The molecule has 154 valence electrons. The van der Waals surface area contributed by atoms with Crippen molar-refractivity contribution >= 4 is 23.3 Å². The molecular formula is C22H24N6OS. The lowest BCUT2D eigenvalue weighted by Crippen LogP contribution is -2.30. The molecule has 4 rings (SSSR count). The smallest absolute Gasteiger partial charge is 0.253 e. The molecule has 0 fully saturated rings. The lowest BCUT2D eigenvalue weighted by Gasteiger charge is -2.17. The fraction of sp³-hybridized carbons (Fsp3) is 0.273. The second kappa shape index (κ2) is 8.71. The molecule has 1 amide bonds. The summed E-state index contributed by atoms with van der Waals surface area (Å²) in [5, 5.41) is 11.8. The normalized spacial score (nSPS) is 12.2. The number of nitrogens with zero attached hydrogens (tertiary/aromatic N) is 5. The van der Waals surface area contributed by atoms with Gasteiger partial charge in [0.2, 0.25) is 0 Å². The van der Waals surface area contributed by atoms with Crippen LogP contribution in [0.4, 0.5) is 0 Å². The molecular weight excluding hydrogens is 396 g/mol. The van der Waals surface area contributed by atoms with Crippen molar-refractivity contribution in [1.82, 2.24) is 29.5 Å². The van der Waals surface area contributed by atoms with Crippen molar-refractivity contribution in [2.75, 3.05) is 12.0 Å². The van der Waals surface area contributed by atoms with Gasteiger partial charge in [-0.3, -0.25) is 14.2 Å². The average Bonchev–Trinajstić information content (AvgIpc) is 3.32. The Kier molecular flexibility index (Phi) is 5.85. The highest BCUT2D eigenvalue weighted by atomic mass is 32.2. The maximum atomic E-state index is 13.3. The molecule has 0 bridgehead atoms. The number of hydrogen-bond donors (Lipinski definition) is 1. The highest BCUT2D eigenvalue weighted by Crippen LogP contribution is 2.23. The van der Waals surface area contributed by atoms with Gasteiger partial charge in [-0.2, -0.15) is 11.8 Å². The first-order valence-electron chi connectivity index (χ1n) is 9.79. The van der Waals surface area contributed by atoms with Gasteiger partial charge in [0.05, 0.1) is 23.5 Å². The summed E-state index contributed by atoms with van der Waals surface area (Å²) in [6.07, 6.45) is 8.29. The van der Waals surface area contributed by atoms with Crippen LogP contribution in [0.1, 0.15) is 40.0 Å². The van der Waals surface area contributed by atoms with Crippen LogP contribution in [-0.2, 0) is 0 Å². The summed E-state index contributed by atoms with van der Waals surface area (Å²) in [6, 6.07) is 11.3. The van der Waals surface area contributed by atoms with E-state index < -0.39 is 0 Å². The second-order valence-corrected chi connectivity index (χ2v) is 8.11. The maximum absolute atomic E-state index is 13.3. The Hall–Kier alpha value is -3.13. The molecule has 1 unspecified atom stereocenters. The van der Waals surface area contributed by atoms with Gasteiger partial charge in [-0.1, -0.05) is 6.07 Å². The highest BCUT2D eigenvalue weighted by molar-refractivity contribution is 7.98. The zero-order valence-corrected chi connectivity index (χ0v) is 18.1. The Labute approximate surface area is 179 Å². The number of pyridine rings is 2. The molecule has 4 aromatic heterocycles. The molecule has 0 aromatic carbocycles. The summed E-state index contributed by atoms with van der Waals surface area (Å²) in [7, 11) is 0. The zero-order chi connectivity index (χ0) is 21.1. The van der Waals surface area contributed by atoms with Gasteiger partial charge in [0.15, 0.2) is 11.5 Å². The minimum Gasteiger partial charge on any atom is -0.342 e. The zero-order valence-electron chi connectivity index (χ0n) is 17.2. The molecule has 0 saturated heterocycles. The van der Waals surface area contributed by atoms with Crippen molar-refractivity contribution in [2.24, 2.45) is 0 Å². The topological polar surface area (TPSA) is 77.1 Å². The van der Waals surface area contributed by atoms with Crippen molar-refractivity contribution in [3.63, 3.8) is 0 Å². The van der Waals surface area contributed by atoms with E-state index >= 15 is 0 Å². The summed E-state index contributed by atoms with van der Waals surface area (Å²) >= 11 is 1.74. The summed E-state index contributed by atoms with van der Waals surface area (Å²) in [4.78, 5) is 17.5. The van der Waals surface area contributed by atoms with E-state index in [4.69, 9.17) is 0 Å². The van der Waals surface area contributed by atoms with Gasteiger partial charge in [-0.15, -0.1) is 10.2 Å². The third-order valence-electron chi connectivity index (χ3n) is 5.15. The summed E-state index contributed by atoms with van der Waals surface area (Å²) < 4.78 is 3.98. The van der Waals surface area contributed by atoms with Crippen molar-refractivity contribution in [2.45, 2.75) is 26.3 Å². The highest BCUT2D eigenvalue weighted by Gasteiger charge is 2.23. The predicted octanol–water partition coefficient (Wildman–Crippen LogP) is 3.76. The number of hydrogen-bond acceptors (Lipinski definition) is 5. The van der Waals surface area contributed by atoms with E-state index in [0.29, 0.717) is 5.56 Å². The van der Waals surface area contributed by atoms with Crippen LogP contribution in [0.15, 0.2) is 55.0 Å². The van der Waals surface area contributed by atoms with Crippen LogP contribution in [0.25, 0.3) is 11.3 Å². The van der Waals surface area contributed by atoms with Gasteiger partial charge >= 0.3 is 0 Å². The first-order valence-corrected chi connectivity index (χ1v) is 11.2. The first-order chi connectivity index (χ1) is 14.6. The third-order valence-corrected chi connectivity index (χ3v) is 5.79. The Morgan fingerprint density at radius 3 is 2.83 bits per heavy atom. The third kappa shape index (κ3) is 3.82. The van der Waals surface area contributed by atoms with Crippen molar-refractivity contribution < 1.29 is 4.79 Å². The van der Waals surface area contributed by atoms with Crippen LogP contribution < -0.4 is 5.32 Å². The number of rotatable bonds is 7. The fourth-order valence-electron chi connectivity index (χ4n) is 3.71. The molecule has 0 aliphatic rings. The fourth-order valence-corrected chi connectivity index (χ4v) is 4.18. The van der Waals surface area contributed by atoms with Gasteiger partial charge in [0, 0.05) is 23.8 Å². The van der Waals surface area contributed by atoms with E-state index in [2.05, 4.69) is 26.8 Å².